The molecular formula is C17H25OP. The minimum atomic E-state index is -0.309. The third kappa shape index (κ3) is 2.72. The van der Waals surface area contributed by atoms with Gasteiger partial charge in [-0.05, 0) is 49.5 Å². The van der Waals surface area contributed by atoms with Crippen LogP contribution < -0.4 is 5.30 Å². The van der Waals surface area contributed by atoms with Crippen LogP contribution in [0.3, 0.4) is 0 Å². The maximum absolute atomic E-state index is 5.91. The van der Waals surface area contributed by atoms with Gasteiger partial charge in [-0.25, -0.2) is 0 Å². The number of benzene rings is 1. The van der Waals surface area contributed by atoms with Crippen LogP contribution in [-0.2, 0) is 4.74 Å². The van der Waals surface area contributed by atoms with Gasteiger partial charge in [0.2, 0.25) is 0 Å². The summed E-state index contributed by atoms with van der Waals surface area (Å²) in [4.78, 5) is 0. The summed E-state index contributed by atoms with van der Waals surface area (Å²) in [5.41, 5.74) is 5.69. The van der Waals surface area contributed by atoms with Crippen molar-refractivity contribution in [3.63, 3.8) is 0 Å². The zero-order chi connectivity index (χ0) is 14.4. The predicted molar refractivity (Wildman–Crippen MR) is 85.3 cm³/mol. The van der Waals surface area contributed by atoms with Crippen molar-refractivity contribution in [1.29, 1.82) is 0 Å². The van der Waals surface area contributed by atoms with Gasteiger partial charge in [-0.1, -0.05) is 38.5 Å². The van der Waals surface area contributed by atoms with E-state index in [0.29, 0.717) is 0 Å². The molecule has 2 rings (SSSR count). The van der Waals surface area contributed by atoms with Crippen LogP contribution in [-0.4, -0.2) is 6.61 Å². The molecule has 1 aliphatic heterocycles. The van der Waals surface area contributed by atoms with Gasteiger partial charge in [-0.2, -0.15) is 0 Å². The zero-order valence-electron chi connectivity index (χ0n) is 13.2. The lowest BCUT2D eigenvalue weighted by atomic mass is 9.97. The summed E-state index contributed by atoms with van der Waals surface area (Å²) in [5, 5.41) is 3.06. The van der Waals surface area contributed by atoms with E-state index in [1.54, 1.807) is 5.31 Å². The molecule has 0 N–H and O–H groups in total. The van der Waals surface area contributed by atoms with Crippen molar-refractivity contribution in [1.82, 2.24) is 0 Å². The van der Waals surface area contributed by atoms with E-state index < -0.39 is 0 Å². The highest BCUT2D eigenvalue weighted by atomic mass is 31.1. The molecule has 0 spiro atoms. The van der Waals surface area contributed by atoms with Crippen molar-refractivity contribution in [3.8, 4) is 0 Å². The van der Waals surface area contributed by atoms with Crippen LogP contribution in [0.2, 0.25) is 0 Å². The summed E-state index contributed by atoms with van der Waals surface area (Å²) in [6.45, 7) is 16.4. The second kappa shape index (κ2) is 4.94. The fourth-order valence-electron chi connectivity index (χ4n) is 2.81. The molecular weight excluding hydrogens is 251 g/mol. The van der Waals surface area contributed by atoms with Gasteiger partial charge in [0.25, 0.3) is 0 Å². The van der Waals surface area contributed by atoms with Gasteiger partial charge in [0.05, 0.1) is 6.61 Å². The lowest BCUT2D eigenvalue weighted by Gasteiger charge is -2.17. The smallest absolute Gasteiger partial charge is 0.131 e. The minimum Gasteiger partial charge on any atom is -0.493 e. The molecule has 2 heteroatoms. The number of hydrogen-bond donors (Lipinski definition) is 0. The summed E-state index contributed by atoms with van der Waals surface area (Å²) < 4.78 is 5.91. The lowest BCUT2D eigenvalue weighted by Crippen LogP contribution is -2.09. The zero-order valence-corrected chi connectivity index (χ0v) is 14.1. The van der Waals surface area contributed by atoms with E-state index in [0.717, 1.165) is 6.61 Å². The Labute approximate surface area is 118 Å². The Morgan fingerprint density at radius 2 is 1.58 bits per heavy atom. The molecule has 0 aromatic heterocycles. The average Bonchev–Trinajstić information content (AvgIpc) is 2.90. The van der Waals surface area contributed by atoms with E-state index in [9.17, 15) is 0 Å². The molecule has 0 radical (unpaired) electrons. The minimum absolute atomic E-state index is 0.222. The highest BCUT2D eigenvalue weighted by Crippen LogP contribution is 2.74. The van der Waals surface area contributed by atoms with Crippen molar-refractivity contribution in [2.24, 2.45) is 5.41 Å². The Bertz CT molecular complexity index is 512. The van der Waals surface area contributed by atoms with Crippen molar-refractivity contribution in [2.45, 2.75) is 48.5 Å². The van der Waals surface area contributed by atoms with E-state index in [1.807, 2.05) is 0 Å². The summed E-state index contributed by atoms with van der Waals surface area (Å²) in [7, 11) is -0.309. The van der Waals surface area contributed by atoms with Crippen molar-refractivity contribution < 1.29 is 4.74 Å². The molecule has 0 fully saturated rings. The molecule has 1 aromatic carbocycles. The molecule has 1 aromatic rings. The highest BCUT2D eigenvalue weighted by Gasteiger charge is 2.47. The van der Waals surface area contributed by atoms with Crippen molar-refractivity contribution in [2.75, 3.05) is 6.61 Å². The first kappa shape index (κ1) is 14.6. The Hall–Kier alpha value is -0.810. The quantitative estimate of drug-likeness (QED) is 0.707. The van der Waals surface area contributed by atoms with Crippen LogP contribution in [0.1, 0.15) is 44.4 Å². The summed E-state index contributed by atoms with van der Waals surface area (Å²) in [5.74, 6) is 0. The molecule has 104 valence electrons. The number of aryl methyl sites for hydroxylation is 3. The molecule has 0 aliphatic carbocycles. The van der Waals surface area contributed by atoms with Gasteiger partial charge in [0.15, 0.2) is 0 Å². The van der Waals surface area contributed by atoms with Gasteiger partial charge >= 0.3 is 0 Å². The monoisotopic (exact) mass is 276 g/mol. The third-order valence-corrected chi connectivity index (χ3v) is 6.44. The Kier molecular flexibility index (Phi) is 3.80. The maximum atomic E-state index is 5.91. The van der Waals surface area contributed by atoms with Crippen molar-refractivity contribution >= 4 is 13.2 Å². The van der Waals surface area contributed by atoms with E-state index >= 15 is 0 Å². The van der Waals surface area contributed by atoms with Crippen LogP contribution in [0.5, 0.6) is 0 Å². The second-order valence-electron chi connectivity index (χ2n) is 6.42. The molecule has 1 unspecified atom stereocenters. The Morgan fingerprint density at radius 1 is 1.05 bits per heavy atom. The average molecular weight is 276 g/mol. The molecule has 1 heterocycles. The molecule has 19 heavy (non-hydrogen) atoms. The molecule has 0 bridgehead atoms. The lowest BCUT2D eigenvalue weighted by molar-refractivity contribution is 0.258. The SMILES string of the molecule is CCOC1=C(C(C)(C)C)P1c1c(C)cc(C)cc1C. The molecule has 1 atom stereocenters. The summed E-state index contributed by atoms with van der Waals surface area (Å²) in [6.07, 6.45) is 0. The number of rotatable bonds is 3. The van der Waals surface area contributed by atoms with Gasteiger partial charge < -0.3 is 4.74 Å². The maximum Gasteiger partial charge on any atom is 0.131 e. The largest absolute Gasteiger partial charge is 0.493 e. The summed E-state index contributed by atoms with van der Waals surface area (Å²) >= 11 is 0. The van der Waals surface area contributed by atoms with E-state index in [4.69, 9.17) is 4.74 Å². The topological polar surface area (TPSA) is 9.23 Å². The molecule has 0 saturated carbocycles. The van der Waals surface area contributed by atoms with Gasteiger partial charge in [-0.15, -0.1) is 0 Å². The standard InChI is InChI=1S/C17H25OP/c1-8-18-16-15(17(5,6)7)19(16)14-12(3)9-11(2)10-13(14)4/h9-10H,8H2,1-7H3. The third-order valence-electron chi connectivity index (χ3n) is 3.43. The van der Waals surface area contributed by atoms with E-state index in [-0.39, 0.29) is 13.3 Å². The van der Waals surface area contributed by atoms with E-state index in [1.165, 1.54) is 27.5 Å². The van der Waals surface area contributed by atoms with Crippen LogP contribution in [0.25, 0.3) is 0 Å². The molecule has 1 aliphatic rings. The second-order valence-corrected chi connectivity index (χ2v) is 8.39. The fourth-order valence-corrected chi connectivity index (χ4v) is 5.85. The normalized spacial score (nSPS) is 18.8. The molecule has 0 saturated heterocycles. The first-order chi connectivity index (χ1) is 8.77. The van der Waals surface area contributed by atoms with Crippen LogP contribution in [0, 0.1) is 26.2 Å². The molecule has 1 nitrogen and oxygen atoms in total. The van der Waals surface area contributed by atoms with Gasteiger partial charge in [0, 0.05) is 13.2 Å². The molecule has 0 amide bonds. The number of allylic oxidation sites excluding steroid dienone is 1. The summed E-state index contributed by atoms with van der Waals surface area (Å²) in [6, 6.07) is 4.60. The van der Waals surface area contributed by atoms with Crippen molar-refractivity contribution in [3.05, 3.63) is 39.6 Å². The first-order valence-electron chi connectivity index (χ1n) is 7.03. The number of ether oxygens (including phenoxy) is 1. The van der Waals surface area contributed by atoms with Gasteiger partial charge in [0.1, 0.15) is 5.50 Å². The van der Waals surface area contributed by atoms with E-state index in [2.05, 4.69) is 60.6 Å². The van der Waals surface area contributed by atoms with Crippen LogP contribution in [0.4, 0.5) is 0 Å². The first-order valence-corrected chi connectivity index (χ1v) is 8.37. The van der Waals surface area contributed by atoms with Crippen LogP contribution in [0.15, 0.2) is 22.9 Å². The number of hydrogen-bond acceptors (Lipinski definition) is 1. The van der Waals surface area contributed by atoms with Gasteiger partial charge in [-0.3, -0.25) is 0 Å². The van der Waals surface area contributed by atoms with Crippen LogP contribution >= 0.6 is 7.92 Å². The Balaban J connectivity index is 2.41. The fraction of sp³-hybridized carbons (Fsp3) is 0.529. The predicted octanol–water partition coefficient (Wildman–Crippen LogP) is 4.98. The highest BCUT2D eigenvalue weighted by molar-refractivity contribution is 7.80. The Morgan fingerprint density at radius 3 is 2.00 bits per heavy atom.